The topological polar surface area (TPSA) is 37.8 Å². The van der Waals surface area contributed by atoms with E-state index in [1.165, 1.54) is 35.1 Å². The van der Waals surface area contributed by atoms with E-state index in [4.69, 9.17) is 9.97 Å². The maximum Gasteiger partial charge on any atom is 0.138 e. The molecule has 1 fully saturated rings. The molecule has 1 aliphatic carbocycles. The number of thiophene rings is 1. The Morgan fingerprint density at radius 3 is 2.59 bits per heavy atom. The minimum atomic E-state index is 0.592. The molecule has 0 unspecified atom stereocenters. The van der Waals surface area contributed by atoms with Crippen molar-refractivity contribution in [2.24, 2.45) is 0 Å². The van der Waals surface area contributed by atoms with E-state index in [2.05, 4.69) is 19.2 Å². The molecule has 0 bridgehead atoms. The number of hydrogen-bond donors (Lipinski definition) is 1. The summed E-state index contributed by atoms with van der Waals surface area (Å²) in [5.74, 6) is 2.63. The number of nitrogens with one attached hydrogen (secondary N) is 1. The Morgan fingerprint density at radius 2 is 2.00 bits per heavy atom. The maximum atomic E-state index is 4.75. The first-order valence-corrected chi connectivity index (χ1v) is 6.97. The van der Waals surface area contributed by atoms with E-state index in [9.17, 15) is 0 Å². The van der Waals surface area contributed by atoms with Gasteiger partial charge in [0.05, 0.1) is 5.39 Å². The summed E-state index contributed by atoms with van der Waals surface area (Å²) in [6, 6.07) is 0. The highest BCUT2D eigenvalue weighted by Gasteiger charge is 2.24. The summed E-state index contributed by atoms with van der Waals surface area (Å²) in [5.41, 5.74) is 1.31. The molecule has 4 heteroatoms. The predicted octanol–water partition coefficient (Wildman–Crippen LogP) is 3.62. The van der Waals surface area contributed by atoms with Crippen LogP contribution in [-0.2, 0) is 0 Å². The molecular weight excluding hydrogens is 230 g/mol. The van der Waals surface area contributed by atoms with Gasteiger partial charge < -0.3 is 5.32 Å². The lowest BCUT2D eigenvalue weighted by Gasteiger charge is -2.24. The van der Waals surface area contributed by atoms with Crippen LogP contribution >= 0.6 is 11.3 Å². The number of aromatic nitrogens is 2. The zero-order chi connectivity index (χ0) is 12.0. The van der Waals surface area contributed by atoms with Gasteiger partial charge in [-0.3, -0.25) is 0 Å². The van der Waals surface area contributed by atoms with Crippen molar-refractivity contribution in [3.05, 3.63) is 16.3 Å². The number of fused-ring (bicyclic) bond motifs is 1. The van der Waals surface area contributed by atoms with Gasteiger partial charge in [0, 0.05) is 17.8 Å². The van der Waals surface area contributed by atoms with Crippen molar-refractivity contribution in [1.29, 1.82) is 0 Å². The first-order chi connectivity index (χ1) is 8.20. The second-order valence-corrected chi connectivity index (χ2v) is 5.97. The maximum absolute atomic E-state index is 4.75. The second-order valence-electron chi connectivity index (χ2n) is 4.77. The summed E-state index contributed by atoms with van der Waals surface area (Å²) in [6.45, 7) is 4.31. The third-order valence-electron chi connectivity index (χ3n) is 3.75. The van der Waals surface area contributed by atoms with Crippen molar-refractivity contribution in [3.8, 4) is 0 Å². The SMILES string of the molecule is CNc1nc(C2CCC2)nc2sc(C)c(C)c12. The van der Waals surface area contributed by atoms with Crippen molar-refractivity contribution in [2.45, 2.75) is 39.0 Å². The van der Waals surface area contributed by atoms with Gasteiger partial charge in [-0.25, -0.2) is 9.97 Å². The predicted molar refractivity (Wildman–Crippen MR) is 73.0 cm³/mol. The van der Waals surface area contributed by atoms with Crippen LogP contribution in [-0.4, -0.2) is 17.0 Å². The van der Waals surface area contributed by atoms with Crippen LogP contribution in [0.2, 0.25) is 0 Å². The van der Waals surface area contributed by atoms with Crippen LogP contribution in [0.4, 0.5) is 5.82 Å². The molecule has 2 aromatic rings. The van der Waals surface area contributed by atoms with Crippen molar-refractivity contribution >= 4 is 27.4 Å². The molecule has 0 spiro atoms. The molecule has 3 rings (SSSR count). The molecule has 0 atom stereocenters. The smallest absolute Gasteiger partial charge is 0.138 e. The number of rotatable bonds is 2. The molecule has 1 saturated carbocycles. The number of nitrogens with zero attached hydrogens (tertiary/aromatic N) is 2. The Labute approximate surface area is 105 Å². The Morgan fingerprint density at radius 1 is 1.24 bits per heavy atom. The fourth-order valence-corrected chi connectivity index (χ4v) is 3.33. The Kier molecular flexibility index (Phi) is 2.54. The van der Waals surface area contributed by atoms with Gasteiger partial charge in [-0.05, 0) is 32.3 Å². The molecule has 90 valence electrons. The van der Waals surface area contributed by atoms with Crippen LogP contribution in [0.25, 0.3) is 10.2 Å². The van der Waals surface area contributed by atoms with Crippen molar-refractivity contribution < 1.29 is 0 Å². The van der Waals surface area contributed by atoms with E-state index >= 15 is 0 Å². The summed E-state index contributed by atoms with van der Waals surface area (Å²) >= 11 is 1.78. The van der Waals surface area contributed by atoms with Crippen molar-refractivity contribution in [2.75, 3.05) is 12.4 Å². The molecule has 1 N–H and O–H groups in total. The molecule has 2 aromatic heterocycles. The molecule has 0 aromatic carbocycles. The lowest BCUT2D eigenvalue weighted by atomic mass is 9.85. The van der Waals surface area contributed by atoms with Gasteiger partial charge >= 0.3 is 0 Å². The highest BCUT2D eigenvalue weighted by molar-refractivity contribution is 7.18. The van der Waals surface area contributed by atoms with Crippen LogP contribution in [0.1, 0.15) is 41.4 Å². The van der Waals surface area contributed by atoms with E-state index in [1.54, 1.807) is 11.3 Å². The molecular formula is C13H17N3S. The highest BCUT2D eigenvalue weighted by Crippen LogP contribution is 2.38. The molecule has 0 radical (unpaired) electrons. The van der Waals surface area contributed by atoms with Gasteiger partial charge in [-0.2, -0.15) is 0 Å². The monoisotopic (exact) mass is 247 g/mol. The summed E-state index contributed by atoms with van der Waals surface area (Å²) < 4.78 is 0. The van der Waals surface area contributed by atoms with Gasteiger partial charge in [-0.15, -0.1) is 11.3 Å². The third-order valence-corrected chi connectivity index (χ3v) is 4.85. The van der Waals surface area contributed by atoms with Gasteiger partial charge in [0.25, 0.3) is 0 Å². The molecule has 0 saturated heterocycles. The summed E-state index contributed by atoms with van der Waals surface area (Å²) in [7, 11) is 1.94. The van der Waals surface area contributed by atoms with Gasteiger partial charge in [-0.1, -0.05) is 6.42 Å². The fraction of sp³-hybridized carbons (Fsp3) is 0.538. The largest absolute Gasteiger partial charge is 0.372 e. The molecule has 0 aliphatic heterocycles. The van der Waals surface area contributed by atoms with Crippen LogP contribution in [0, 0.1) is 13.8 Å². The minimum Gasteiger partial charge on any atom is -0.372 e. The minimum absolute atomic E-state index is 0.592. The van der Waals surface area contributed by atoms with Crippen LogP contribution in [0.15, 0.2) is 0 Å². The standard InChI is InChI=1S/C13H17N3S/c1-7-8(2)17-13-10(7)12(14-3)15-11(16-13)9-5-4-6-9/h9H,4-6H2,1-3H3,(H,14,15,16). The first-order valence-electron chi connectivity index (χ1n) is 6.16. The van der Waals surface area contributed by atoms with Gasteiger partial charge in [0.15, 0.2) is 0 Å². The molecule has 1 aliphatic rings. The average Bonchev–Trinajstić information content (AvgIpc) is 2.51. The number of anilines is 1. The quantitative estimate of drug-likeness (QED) is 0.880. The van der Waals surface area contributed by atoms with Crippen molar-refractivity contribution in [1.82, 2.24) is 9.97 Å². The Bertz CT molecular complexity index is 570. The first kappa shape index (κ1) is 11.0. The van der Waals surface area contributed by atoms with Gasteiger partial charge in [0.1, 0.15) is 16.5 Å². The molecule has 2 heterocycles. The number of aryl methyl sites for hydroxylation is 2. The second kappa shape index (κ2) is 3.95. The lowest BCUT2D eigenvalue weighted by molar-refractivity contribution is 0.403. The van der Waals surface area contributed by atoms with Gasteiger partial charge in [0.2, 0.25) is 0 Å². The van der Waals surface area contributed by atoms with E-state index in [0.29, 0.717) is 5.92 Å². The van der Waals surface area contributed by atoms with E-state index in [1.807, 2.05) is 7.05 Å². The molecule has 17 heavy (non-hydrogen) atoms. The van der Waals surface area contributed by atoms with Crippen LogP contribution < -0.4 is 5.32 Å². The highest BCUT2D eigenvalue weighted by atomic mass is 32.1. The van der Waals surface area contributed by atoms with Crippen molar-refractivity contribution in [3.63, 3.8) is 0 Å². The number of hydrogen-bond acceptors (Lipinski definition) is 4. The lowest BCUT2D eigenvalue weighted by Crippen LogP contribution is -2.13. The third kappa shape index (κ3) is 1.62. The average molecular weight is 247 g/mol. The van der Waals surface area contributed by atoms with Crippen LogP contribution in [0.3, 0.4) is 0 Å². The molecule has 0 amide bonds. The summed E-state index contributed by atoms with van der Waals surface area (Å²) in [6.07, 6.45) is 3.82. The summed E-state index contributed by atoms with van der Waals surface area (Å²) in [4.78, 5) is 11.9. The Hall–Kier alpha value is -1.16. The van der Waals surface area contributed by atoms with E-state index < -0.39 is 0 Å². The normalized spacial score (nSPS) is 16.2. The molecule has 3 nitrogen and oxygen atoms in total. The Balaban J connectivity index is 2.22. The fourth-order valence-electron chi connectivity index (χ4n) is 2.30. The van der Waals surface area contributed by atoms with Crippen LogP contribution in [0.5, 0.6) is 0 Å². The summed E-state index contributed by atoms with van der Waals surface area (Å²) in [5, 5.41) is 4.43. The van der Waals surface area contributed by atoms with E-state index in [-0.39, 0.29) is 0 Å². The zero-order valence-electron chi connectivity index (χ0n) is 10.5. The van der Waals surface area contributed by atoms with E-state index in [0.717, 1.165) is 16.5 Å². The zero-order valence-corrected chi connectivity index (χ0v) is 11.3.